The van der Waals surface area contributed by atoms with Crippen LogP contribution in [0.25, 0.3) is 0 Å². The molecule has 8 nitrogen and oxygen atoms in total. The quantitative estimate of drug-likeness (QED) is 0.0650. The molecule has 0 atom stereocenters. The van der Waals surface area contributed by atoms with E-state index in [0.29, 0.717) is 18.9 Å². The van der Waals surface area contributed by atoms with Gasteiger partial charge in [0.2, 0.25) is 11.9 Å². The van der Waals surface area contributed by atoms with E-state index in [-0.39, 0.29) is 12.0 Å². The van der Waals surface area contributed by atoms with Crippen LogP contribution in [0.15, 0.2) is 29.5 Å². The van der Waals surface area contributed by atoms with Crippen LogP contribution in [0.3, 0.4) is 0 Å². The van der Waals surface area contributed by atoms with E-state index in [1.807, 2.05) is 18.3 Å². The fourth-order valence-electron chi connectivity index (χ4n) is 4.41. The number of pyridine rings is 1. The molecule has 1 amide bonds. The maximum Gasteiger partial charge on any atom is 0.246 e. The lowest BCUT2D eigenvalue weighted by Crippen LogP contribution is -2.36. The van der Waals surface area contributed by atoms with Crippen LogP contribution in [0.4, 0.5) is 5.69 Å². The van der Waals surface area contributed by atoms with E-state index in [1.54, 1.807) is 17.5 Å². The molecule has 0 aromatic carbocycles. The molecule has 1 saturated carbocycles. The van der Waals surface area contributed by atoms with Crippen molar-refractivity contribution in [2.45, 2.75) is 116 Å². The molecular formula is C28H46N6O2. The van der Waals surface area contributed by atoms with E-state index in [4.69, 9.17) is 10.1 Å². The molecule has 2 N–H and O–H groups in total. The highest BCUT2D eigenvalue weighted by Crippen LogP contribution is 2.22. The molecule has 1 fully saturated rings. The van der Waals surface area contributed by atoms with E-state index < -0.39 is 0 Å². The molecule has 0 spiro atoms. The number of guanidine groups is 1. The lowest BCUT2D eigenvalue weighted by molar-refractivity contribution is -0.211. The van der Waals surface area contributed by atoms with Crippen molar-refractivity contribution in [2.75, 3.05) is 18.4 Å². The lowest BCUT2D eigenvalue weighted by atomic mass is 9.98. The molecule has 1 heterocycles. The predicted octanol–water partition coefficient (Wildman–Crippen LogP) is 6.32. The van der Waals surface area contributed by atoms with Gasteiger partial charge in [-0.1, -0.05) is 71.1 Å². The zero-order valence-corrected chi connectivity index (χ0v) is 22.2. The first-order chi connectivity index (χ1) is 17.7. The first-order valence-electron chi connectivity index (χ1n) is 14.1. The first-order valence-corrected chi connectivity index (χ1v) is 14.1. The number of anilines is 1. The van der Waals surface area contributed by atoms with Crippen molar-refractivity contribution in [2.24, 2.45) is 4.99 Å². The third kappa shape index (κ3) is 13.4. The van der Waals surface area contributed by atoms with Crippen molar-refractivity contribution in [3.8, 4) is 6.19 Å². The Morgan fingerprint density at radius 2 is 1.75 bits per heavy atom. The highest BCUT2D eigenvalue weighted by molar-refractivity contribution is 5.94. The maximum absolute atomic E-state index is 12.9. The van der Waals surface area contributed by atoms with Gasteiger partial charge in [-0.3, -0.25) is 24.9 Å². The minimum atomic E-state index is 0.134. The lowest BCUT2D eigenvalue weighted by Gasteiger charge is -2.29. The number of hydrogen-bond donors (Lipinski definition) is 2. The number of hydroxylamine groups is 2. The molecule has 36 heavy (non-hydrogen) atoms. The van der Waals surface area contributed by atoms with Gasteiger partial charge >= 0.3 is 0 Å². The van der Waals surface area contributed by atoms with Gasteiger partial charge < -0.3 is 5.32 Å². The molecule has 0 radical (unpaired) electrons. The summed E-state index contributed by atoms with van der Waals surface area (Å²) < 4.78 is 0. The van der Waals surface area contributed by atoms with Crippen LogP contribution in [0, 0.1) is 11.5 Å². The van der Waals surface area contributed by atoms with Crippen LogP contribution in [-0.2, 0) is 9.63 Å². The van der Waals surface area contributed by atoms with E-state index in [9.17, 15) is 4.79 Å². The molecule has 1 aliphatic carbocycles. The summed E-state index contributed by atoms with van der Waals surface area (Å²) in [5.41, 5.74) is 0.825. The van der Waals surface area contributed by atoms with Crippen LogP contribution >= 0.6 is 0 Å². The van der Waals surface area contributed by atoms with Gasteiger partial charge in [0.05, 0.1) is 6.10 Å². The van der Waals surface area contributed by atoms with Gasteiger partial charge in [-0.25, -0.2) is 5.06 Å². The van der Waals surface area contributed by atoms with Crippen molar-refractivity contribution >= 4 is 17.6 Å². The molecule has 0 aliphatic heterocycles. The Morgan fingerprint density at radius 3 is 2.50 bits per heavy atom. The van der Waals surface area contributed by atoms with Crippen molar-refractivity contribution in [3.05, 3.63) is 24.5 Å². The number of hydrogen-bond acceptors (Lipinski definition) is 5. The van der Waals surface area contributed by atoms with E-state index >= 15 is 0 Å². The molecule has 1 aromatic heterocycles. The average Bonchev–Trinajstić information content (AvgIpc) is 2.90. The number of rotatable bonds is 17. The molecule has 1 aliphatic rings. The molecule has 0 saturated heterocycles. The monoisotopic (exact) mass is 498 g/mol. The second kappa shape index (κ2) is 19.5. The Labute approximate surface area is 217 Å². The minimum Gasteiger partial charge on any atom is -0.325 e. The fraction of sp³-hybridized carbons (Fsp3) is 0.714. The van der Waals surface area contributed by atoms with Gasteiger partial charge in [0, 0.05) is 37.6 Å². The van der Waals surface area contributed by atoms with Gasteiger partial charge in [-0.05, 0) is 44.2 Å². The average molecular weight is 499 g/mol. The van der Waals surface area contributed by atoms with Gasteiger partial charge in [0.1, 0.15) is 0 Å². The van der Waals surface area contributed by atoms with Crippen LogP contribution < -0.4 is 10.6 Å². The summed E-state index contributed by atoms with van der Waals surface area (Å²) in [5.74, 6) is 0.568. The van der Waals surface area contributed by atoms with Gasteiger partial charge in [-0.15, -0.1) is 0 Å². The standard InChI is InChI=1S/C28H46N6O2/c1-2-3-4-5-8-14-23-34(36-26-15-10-9-11-16-26)27(35)17-12-6-7-13-20-31-28(32-24-29)33-25-18-21-30-22-19-25/h18-19,21-22,26H,2-17,20,23H2,1H3,(H2,30,31,32,33). The summed E-state index contributed by atoms with van der Waals surface area (Å²) in [4.78, 5) is 27.6. The normalized spacial score (nSPS) is 14.3. The molecule has 200 valence electrons. The van der Waals surface area contributed by atoms with Crippen LogP contribution in [0.1, 0.15) is 110 Å². The first kappa shape index (κ1) is 29.6. The number of nitriles is 1. The molecule has 0 unspecified atom stereocenters. The van der Waals surface area contributed by atoms with Gasteiger partial charge in [0.15, 0.2) is 6.19 Å². The Hall–Kier alpha value is -2.66. The zero-order valence-electron chi connectivity index (χ0n) is 22.2. The fourth-order valence-corrected chi connectivity index (χ4v) is 4.41. The van der Waals surface area contributed by atoms with Gasteiger partial charge in [-0.2, -0.15) is 5.26 Å². The number of aromatic nitrogens is 1. The summed E-state index contributed by atoms with van der Waals surface area (Å²) in [5, 5.41) is 16.3. The molecule has 2 rings (SSSR count). The van der Waals surface area contributed by atoms with Crippen molar-refractivity contribution in [1.29, 1.82) is 5.26 Å². The van der Waals surface area contributed by atoms with E-state index in [1.165, 1.54) is 44.9 Å². The SMILES string of the molecule is CCCCCCCCN(OC1CCCCC1)C(=O)CCCCCCN=C(NC#N)Nc1ccncc1. The number of nitrogens with zero attached hydrogens (tertiary/aromatic N) is 4. The summed E-state index contributed by atoms with van der Waals surface area (Å²) in [6.45, 7) is 3.57. The molecular weight excluding hydrogens is 452 g/mol. The highest BCUT2D eigenvalue weighted by Gasteiger charge is 2.21. The second-order valence-corrected chi connectivity index (χ2v) is 9.62. The topological polar surface area (TPSA) is 103 Å². The Balaban J connectivity index is 1.67. The number of nitrogens with one attached hydrogen (secondary N) is 2. The Bertz CT molecular complexity index is 774. The van der Waals surface area contributed by atoms with Gasteiger partial charge in [0.25, 0.3) is 0 Å². The van der Waals surface area contributed by atoms with Crippen molar-refractivity contribution < 1.29 is 9.63 Å². The minimum absolute atomic E-state index is 0.134. The number of carbonyl (C=O) groups is 1. The highest BCUT2D eigenvalue weighted by atomic mass is 16.7. The van der Waals surface area contributed by atoms with Crippen molar-refractivity contribution in [1.82, 2.24) is 15.4 Å². The Morgan fingerprint density at radius 1 is 1.06 bits per heavy atom. The summed E-state index contributed by atoms with van der Waals surface area (Å²) >= 11 is 0. The van der Waals surface area contributed by atoms with Crippen LogP contribution in [-0.4, -0.2) is 41.1 Å². The zero-order chi connectivity index (χ0) is 25.7. The number of amides is 1. The largest absolute Gasteiger partial charge is 0.325 e. The molecule has 8 heteroatoms. The van der Waals surface area contributed by atoms with Crippen LogP contribution in [0.2, 0.25) is 0 Å². The number of aliphatic imine (C=N–C) groups is 1. The van der Waals surface area contributed by atoms with E-state index in [2.05, 4.69) is 27.5 Å². The number of unbranched alkanes of at least 4 members (excludes halogenated alkanes) is 8. The predicted molar refractivity (Wildman–Crippen MR) is 145 cm³/mol. The summed E-state index contributed by atoms with van der Waals surface area (Å²) in [6, 6.07) is 3.64. The van der Waals surface area contributed by atoms with Crippen molar-refractivity contribution in [3.63, 3.8) is 0 Å². The third-order valence-corrected chi connectivity index (χ3v) is 6.51. The Kier molecular flexibility index (Phi) is 16.0. The summed E-state index contributed by atoms with van der Waals surface area (Å²) in [6.07, 6.45) is 22.9. The third-order valence-electron chi connectivity index (χ3n) is 6.51. The maximum atomic E-state index is 12.9. The molecule has 1 aromatic rings. The second-order valence-electron chi connectivity index (χ2n) is 9.62. The number of carbonyl (C=O) groups excluding carboxylic acids is 1. The summed E-state index contributed by atoms with van der Waals surface area (Å²) in [7, 11) is 0. The van der Waals surface area contributed by atoms with E-state index in [0.717, 1.165) is 63.6 Å². The molecule has 0 bridgehead atoms. The smallest absolute Gasteiger partial charge is 0.246 e. The van der Waals surface area contributed by atoms with Crippen LogP contribution in [0.5, 0.6) is 0 Å².